The van der Waals surface area contributed by atoms with Gasteiger partial charge in [0.25, 0.3) is 0 Å². The summed E-state index contributed by atoms with van der Waals surface area (Å²) >= 11 is 0. The van der Waals surface area contributed by atoms with Crippen molar-refractivity contribution in [1.82, 2.24) is 20.3 Å². The van der Waals surface area contributed by atoms with E-state index in [1.54, 1.807) is 13.1 Å². The monoisotopic (exact) mass is 361 g/mol. The number of aromatic nitrogens is 1. The molecule has 0 saturated carbocycles. The zero-order chi connectivity index (χ0) is 18.1. The lowest BCUT2D eigenvalue weighted by atomic mass is 10.1. The molecule has 1 aromatic heterocycles. The second kappa shape index (κ2) is 9.14. The largest absolute Gasteiger partial charge is 0.355 e. The number of hydrogen-bond acceptors (Lipinski definition) is 4. The van der Waals surface area contributed by atoms with Crippen LogP contribution >= 0.6 is 0 Å². The van der Waals surface area contributed by atoms with Crippen molar-refractivity contribution in [1.29, 1.82) is 0 Å². The fourth-order valence-corrected chi connectivity index (χ4v) is 3.18. The molecule has 2 rings (SSSR count). The predicted octanol–water partition coefficient (Wildman–Crippen LogP) is 1.29. The average Bonchev–Trinajstić information content (AvgIpc) is 2.65. The molecule has 1 aromatic carbocycles. The molecule has 0 radical (unpaired) electrons. The summed E-state index contributed by atoms with van der Waals surface area (Å²) in [6, 6.07) is 13.2. The summed E-state index contributed by atoms with van der Waals surface area (Å²) in [6.45, 7) is 2.67. The second-order valence-electron chi connectivity index (χ2n) is 5.36. The minimum atomic E-state index is -3.54. The third-order valence-electron chi connectivity index (χ3n) is 3.53. The Morgan fingerprint density at radius 1 is 1.16 bits per heavy atom. The summed E-state index contributed by atoms with van der Waals surface area (Å²) in [7, 11) is -1.87. The first-order valence-electron chi connectivity index (χ1n) is 7.95. The number of pyridine rings is 1. The molecule has 7 nitrogen and oxygen atoms in total. The zero-order valence-corrected chi connectivity index (χ0v) is 15.1. The highest BCUT2D eigenvalue weighted by atomic mass is 32.2. The topological polar surface area (TPSA) is 95.5 Å². The van der Waals surface area contributed by atoms with Crippen LogP contribution in [0.1, 0.15) is 18.5 Å². The van der Waals surface area contributed by atoms with Gasteiger partial charge < -0.3 is 10.6 Å². The smallest absolute Gasteiger partial charge is 0.242 e. The SMILES string of the molecule is CN=C(NCCNS(=O)(=O)c1cccnc1)NC(C)c1ccccc1. The number of rotatable bonds is 7. The molecule has 2 aromatic rings. The molecule has 8 heteroatoms. The van der Waals surface area contributed by atoms with Gasteiger partial charge in [-0.2, -0.15) is 0 Å². The Balaban J connectivity index is 1.80. The van der Waals surface area contributed by atoms with Crippen LogP contribution in [0.5, 0.6) is 0 Å². The predicted molar refractivity (Wildman–Crippen MR) is 98.8 cm³/mol. The summed E-state index contributed by atoms with van der Waals surface area (Å²) in [5, 5.41) is 6.35. The van der Waals surface area contributed by atoms with Crippen LogP contribution in [0.15, 0.2) is 64.7 Å². The molecule has 134 valence electrons. The molecule has 0 spiro atoms. The highest BCUT2D eigenvalue weighted by molar-refractivity contribution is 7.89. The number of nitrogens with zero attached hydrogens (tertiary/aromatic N) is 2. The van der Waals surface area contributed by atoms with Crippen molar-refractivity contribution in [3.05, 3.63) is 60.4 Å². The summed E-state index contributed by atoms with van der Waals surface area (Å²) in [4.78, 5) is 8.12. The molecular formula is C17H23N5O2S. The Hall–Kier alpha value is -2.45. The number of aliphatic imine (C=N–C) groups is 1. The molecule has 0 fully saturated rings. The van der Waals surface area contributed by atoms with E-state index in [0.717, 1.165) is 5.56 Å². The van der Waals surface area contributed by atoms with E-state index in [4.69, 9.17) is 0 Å². The van der Waals surface area contributed by atoms with Crippen LogP contribution in [0.2, 0.25) is 0 Å². The normalized spacial score (nSPS) is 13.3. The van der Waals surface area contributed by atoms with Crippen molar-refractivity contribution in [2.45, 2.75) is 17.9 Å². The summed E-state index contributed by atoms with van der Waals surface area (Å²) in [6.07, 6.45) is 2.85. The van der Waals surface area contributed by atoms with E-state index in [9.17, 15) is 8.42 Å². The van der Waals surface area contributed by atoms with E-state index >= 15 is 0 Å². The molecule has 1 atom stereocenters. The summed E-state index contributed by atoms with van der Waals surface area (Å²) in [5.74, 6) is 0.608. The molecule has 0 aliphatic rings. The van der Waals surface area contributed by atoms with Gasteiger partial charge in [-0.1, -0.05) is 30.3 Å². The average molecular weight is 361 g/mol. The van der Waals surface area contributed by atoms with Crippen molar-refractivity contribution in [3.8, 4) is 0 Å². The van der Waals surface area contributed by atoms with Crippen LogP contribution < -0.4 is 15.4 Å². The first-order valence-corrected chi connectivity index (χ1v) is 9.43. The lowest BCUT2D eigenvalue weighted by Crippen LogP contribution is -2.42. The molecule has 0 aliphatic heterocycles. The molecule has 3 N–H and O–H groups in total. The zero-order valence-electron chi connectivity index (χ0n) is 14.3. The Labute approximate surface area is 148 Å². The van der Waals surface area contributed by atoms with E-state index in [1.165, 1.54) is 18.5 Å². The van der Waals surface area contributed by atoms with Crippen LogP contribution in [0, 0.1) is 0 Å². The van der Waals surface area contributed by atoms with Gasteiger partial charge in [0, 0.05) is 32.5 Å². The van der Waals surface area contributed by atoms with Crippen LogP contribution in [-0.2, 0) is 10.0 Å². The molecule has 1 heterocycles. The highest BCUT2D eigenvalue weighted by Crippen LogP contribution is 2.10. The van der Waals surface area contributed by atoms with E-state index in [2.05, 4.69) is 25.3 Å². The van der Waals surface area contributed by atoms with E-state index in [0.29, 0.717) is 12.5 Å². The van der Waals surface area contributed by atoms with Crippen molar-refractivity contribution in [2.75, 3.05) is 20.1 Å². The highest BCUT2D eigenvalue weighted by Gasteiger charge is 2.13. The summed E-state index contributed by atoms with van der Waals surface area (Å²) < 4.78 is 26.7. The van der Waals surface area contributed by atoms with Gasteiger partial charge in [-0.05, 0) is 24.6 Å². The van der Waals surface area contributed by atoms with Gasteiger partial charge in [0.1, 0.15) is 4.90 Å². The van der Waals surface area contributed by atoms with Gasteiger partial charge in [0.15, 0.2) is 5.96 Å². The Bertz CT molecular complexity index is 779. The first kappa shape index (κ1) is 18.9. The van der Waals surface area contributed by atoms with Gasteiger partial charge in [0.2, 0.25) is 10.0 Å². The maximum Gasteiger partial charge on any atom is 0.242 e. The van der Waals surface area contributed by atoms with E-state index < -0.39 is 10.0 Å². The minimum absolute atomic E-state index is 0.0829. The van der Waals surface area contributed by atoms with Gasteiger partial charge in [-0.15, -0.1) is 0 Å². The molecule has 0 amide bonds. The number of guanidine groups is 1. The van der Waals surface area contributed by atoms with Crippen molar-refractivity contribution < 1.29 is 8.42 Å². The lowest BCUT2D eigenvalue weighted by molar-refractivity contribution is 0.579. The van der Waals surface area contributed by atoms with Gasteiger partial charge in [-0.25, -0.2) is 13.1 Å². The van der Waals surface area contributed by atoms with Crippen LogP contribution in [0.3, 0.4) is 0 Å². The van der Waals surface area contributed by atoms with Crippen LogP contribution in [0.4, 0.5) is 0 Å². The number of benzene rings is 1. The Morgan fingerprint density at radius 3 is 2.56 bits per heavy atom. The fraction of sp³-hybridized carbons (Fsp3) is 0.294. The Kier molecular flexibility index (Phi) is 6.91. The van der Waals surface area contributed by atoms with E-state index in [1.807, 2.05) is 37.3 Å². The lowest BCUT2D eigenvalue weighted by Gasteiger charge is -2.18. The van der Waals surface area contributed by atoms with Gasteiger partial charge in [-0.3, -0.25) is 9.98 Å². The number of hydrogen-bond donors (Lipinski definition) is 3. The number of nitrogens with one attached hydrogen (secondary N) is 3. The van der Waals surface area contributed by atoms with Gasteiger partial charge in [0.05, 0.1) is 6.04 Å². The fourth-order valence-electron chi connectivity index (χ4n) is 2.18. The van der Waals surface area contributed by atoms with Crippen molar-refractivity contribution in [2.24, 2.45) is 4.99 Å². The third kappa shape index (κ3) is 5.84. The second-order valence-corrected chi connectivity index (χ2v) is 7.13. The number of sulfonamides is 1. The van der Waals surface area contributed by atoms with Crippen molar-refractivity contribution in [3.63, 3.8) is 0 Å². The van der Waals surface area contributed by atoms with Crippen LogP contribution in [0.25, 0.3) is 0 Å². The summed E-state index contributed by atoms with van der Waals surface area (Å²) in [5.41, 5.74) is 1.14. The molecule has 0 bridgehead atoms. The Morgan fingerprint density at radius 2 is 1.92 bits per heavy atom. The molecule has 1 unspecified atom stereocenters. The first-order chi connectivity index (χ1) is 12.0. The minimum Gasteiger partial charge on any atom is -0.355 e. The standard InChI is InChI=1S/C17H23N5O2S/c1-14(15-7-4-3-5-8-15)22-17(18-2)20-11-12-21-25(23,24)16-9-6-10-19-13-16/h3-10,13-14,21H,11-12H2,1-2H3,(H2,18,20,22). The van der Waals surface area contributed by atoms with Crippen LogP contribution in [-0.4, -0.2) is 39.5 Å². The third-order valence-corrected chi connectivity index (χ3v) is 4.98. The van der Waals surface area contributed by atoms with Gasteiger partial charge >= 0.3 is 0 Å². The molecular weight excluding hydrogens is 338 g/mol. The van der Waals surface area contributed by atoms with Crippen molar-refractivity contribution >= 4 is 16.0 Å². The molecule has 25 heavy (non-hydrogen) atoms. The quantitative estimate of drug-likeness (QED) is 0.392. The molecule has 0 aliphatic carbocycles. The molecule has 0 saturated heterocycles. The maximum atomic E-state index is 12.1. The maximum absolute atomic E-state index is 12.1. The van der Waals surface area contributed by atoms with E-state index in [-0.39, 0.29) is 17.5 Å².